The molecular weight excluding hydrogens is 235 g/mol. The molecule has 0 aliphatic heterocycles. The van der Waals surface area contributed by atoms with Gasteiger partial charge in [-0.25, -0.2) is 9.37 Å². The van der Waals surface area contributed by atoms with Crippen molar-refractivity contribution in [2.75, 3.05) is 0 Å². The summed E-state index contributed by atoms with van der Waals surface area (Å²) in [7, 11) is 0. The number of rotatable bonds is 3. The second-order valence-corrected chi connectivity index (χ2v) is 4.42. The van der Waals surface area contributed by atoms with Gasteiger partial charge in [-0.05, 0) is 19.9 Å². The van der Waals surface area contributed by atoms with Crippen LogP contribution in [-0.4, -0.2) is 10.9 Å². The molecule has 0 fully saturated rings. The number of amides is 1. The lowest BCUT2D eigenvalue weighted by Crippen LogP contribution is -2.41. The molecule has 18 heavy (non-hydrogen) atoms. The number of hydrogen-bond acceptors (Lipinski definition) is 3. The molecule has 2 rings (SSSR count). The summed E-state index contributed by atoms with van der Waals surface area (Å²) >= 11 is 0. The highest BCUT2D eigenvalue weighted by molar-refractivity contribution is 5.91. The van der Waals surface area contributed by atoms with Gasteiger partial charge in [0, 0.05) is 5.56 Å². The summed E-state index contributed by atoms with van der Waals surface area (Å²) in [6.45, 7) is 3.44. The normalized spacial score (nSPS) is 11.3. The molecule has 0 spiro atoms. The predicted octanol–water partition coefficient (Wildman–Crippen LogP) is 2.48. The highest BCUT2D eigenvalue weighted by Crippen LogP contribution is 2.23. The van der Waals surface area contributed by atoms with E-state index in [1.54, 1.807) is 32.0 Å². The third kappa shape index (κ3) is 2.40. The van der Waals surface area contributed by atoms with Gasteiger partial charge in [-0.1, -0.05) is 18.2 Å². The lowest BCUT2D eigenvalue weighted by molar-refractivity contribution is 0.0882. The van der Waals surface area contributed by atoms with E-state index in [9.17, 15) is 9.18 Å². The molecule has 0 aliphatic carbocycles. The summed E-state index contributed by atoms with van der Waals surface area (Å²) < 4.78 is 18.6. The molecule has 0 unspecified atom stereocenters. The lowest BCUT2D eigenvalue weighted by Gasteiger charge is -2.26. The third-order valence-electron chi connectivity index (χ3n) is 2.63. The number of carbonyl (C=O) groups excluding carboxylic acids is 1. The van der Waals surface area contributed by atoms with Gasteiger partial charge in [0.15, 0.2) is 6.39 Å². The van der Waals surface area contributed by atoms with E-state index in [2.05, 4.69) is 10.3 Å². The molecule has 0 saturated carbocycles. The van der Waals surface area contributed by atoms with Gasteiger partial charge in [-0.15, -0.1) is 0 Å². The summed E-state index contributed by atoms with van der Waals surface area (Å²) in [5.41, 5.74) is -0.423. The standard InChI is InChI=1S/C13H13FN2O2/c1-13(2,9-5-3-4-6-10(9)14)16-12(17)11-7-15-8-18-11/h3-8H,1-2H3,(H,16,17). The van der Waals surface area contributed by atoms with Crippen molar-refractivity contribution in [2.45, 2.75) is 19.4 Å². The van der Waals surface area contributed by atoms with Gasteiger partial charge in [0.25, 0.3) is 5.91 Å². The second-order valence-electron chi connectivity index (χ2n) is 4.42. The van der Waals surface area contributed by atoms with E-state index in [1.807, 2.05) is 0 Å². The first-order valence-corrected chi connectivity index (χ1v) is 5.47. The van der Waals surface area contributed by atoms with Gasteiger partial charge in [0.2, 0.25) is 5.76 Å². The Hall–Kier alpha value is -2.17. The van der Waals surface area contributed by atoms with E-state index < -0.39 is 11.4 Å². The first-order chi connectivity index (χ1) is 8.50. The Kier molecular flexibility index (Phi) is 3.14. The van der Waals surface area contributed by atoms with Gasteiger partial charge in [-0.3, -0.25) is 4.79 Å². The fraction of sp³-hybridized carbons (Fsp3) is 0.231. The van der Waals surface area contributed by atoms with Crippen LogP contribution in [0.3, 0.4) is 0 Å². The van der Waals surface area contributed by atoms with Gasteiger partial charge in [0.05, 0.1) is 11.7 Å². The van der Waals surface area contributed by atoms with Crippen molar-refractivity contribution in [3.8, 4) is 0 Å². The molecule has 2 aromatic rings. The van der Waals surface area contributed by atoms with Crippen LogP contribution in [0.4, 0.5) is 4.39 Å². The Morgan fingerprint density at radius 3 is 2.72 bits per heavy atom. The van der Waals surface area contributed by atoms with Crippen molar-refractivity contribution in [1.29, 1.82) is 0 Å². The molecule has 0 atom stereocenters. The second kappa shape index (κ2) is 4.60. The minimum Gasteiger partial charge on any atom is -0.438 e. The molecule has 94 valence electrons. The van der Waals surface area contributed by atoms with Gasteiger partial charge >= 0.3 is 0 Å². The maximum absolute atomic E-state index is 13.7. The van der Waals surface area contributed by atoms with Crippen LogP contribution in [0.2, 0.25) is 0 Å². The number of benzene rings is 1. The van der Waals surface area contributed by atoms with Crippen LogP contribution < -0.4 is 5.32 Å². The Bertz CT molecular complexity index is 550. The Morgan fingerprint density at radius 2 is 2.11 bits per heavy atom. The highest BCUT2D eigenvalue weighted by atomic mass is 19.1. The molecule has 5 heteroatoms. The van der Waals surface area contributed by atoms with E-state index in [-0.39, 0.29) is 11.6 Å². The Labute approximate surface area is 104 Å². The zero-order valence-corrected chi connectivity index (χ0v) is 10.1. The van der Waals surface area contributed by atoms with Gasteiger partial charge < -0.3 is 9.73 Å². The van der Waals surface area contributed by atoms with E-state index >= 15 is 0 Å². The summed E-state index contributed by atoms with van der Waals surface area (Å²) in [5.74, 6) is -0.694. The Balaban J connectivity index is 2.22. The van der Waals surface area contributed by atoms with Gasteiger partial charge in [0.1, 0.15) is 5.82 Å². The number of halogens is 1. The quantitative estimate of drug-likeness (QED) is 0.907. The topological polar surface area (TPSA) is 55.1 Å². The average molecular weight is 248 g/mol. The van der Waals surface area contributed by atoms with Crippen molar-refractivity contribution >= 4 is 5.91 Å². The third-order valence-corrected chi connectivity index (χ3v) is 2.63. The van der Waals surface area contributed by atoms with Crippen molar-refractivity contribution in [3.05, 3.63) is 54.0 Å². The zero-order valence-electron chi connectivity index (χ0n) is 10.1. The van der Waals surface area contributed by atoms with Gasteiger partial charge in [-0.2, -0.15) is 0 Å². The molecule has 1 aromatic heterocycles. The largest absolute Gasteiger partial charge is 0.438 e. The molecule has 1 aromatic carbocycles. The lowest BCUT2D eigenvalue weighted by atomic mass is 9.93. The summed E-state index contributed by atoms with van der Waals surface area (Å²) in [5, 5.41) is 2.70. The molecular formula is C13H13FN2O2. The van der Waals surface area contributed by atoms with E-state index in [1.165, 1.54) is 18.7 Å². The number of aromatic nitrogens is 1. The number of oxazole rings is 1. The average Bonchev–Trinajstić information content (AvgIpc) is 2.82. The fourth-order valence-corrected chi connectivity index (χ4v) is 1.71. The molecule has 0 radical (unpaired) electrons. The molecule has 4 nitrogen and oxygen atoms in total. The first-order valence-electron chi connectivity index (χ1n) is 5.47. The molecule has 0 bridgehead atoms. The van der Waals surface area contributed by atoms with Crippen LogP contribution >= 0.6 is 0 Å². The molecule has 1 heterocycles. The minimum atomic E-state index is -0.838. The van der Waals surface area contributed by atoms with Crippen molar-refractivity contribution < 1.29 is 13.6 Å². The van der Waals surface area contributed by atoms with Crippen LogP contribution in [0.1, 0.15) is 30.0 Å². The van der Waals surface area contributed by atoms with E-state index in [4.69, 9.17) is 4.42 Å². The maximum Gasteiger partial charge on any atom is 0.289 e. The smallest absolute Gasteiger partial charge is 0.289 e. The maximum atomic E-state index is 13.7. The molecule has 1 N–H and O–H groups in total. The van der Waals surface area contributed by atoms with Crippen LogP contribution in [0, 0.1) is 5.82 Å². The summed E-state index contributed by atoms with van der Waals surface area (Å²) in [6, 6.07) is 6.32. The molecule has 0 saturated heterocycles. The summed E-state index contributed by atoms with van der Waals surface area (Å²) in [6.07, 6.45) is 2.48. The zero-order chi connectivity index (χ0) is 13.2. The van der Waals surface area contributed by atoms with Crippen molar-refractivity contribution in [1.82, 2.24) is 10.3 Å². The predicted molar refractivity (Wildman–Crippen MR) is 63.4 cm³/mol. The molecule has 0 aliphatic rings. The summed E-state index contributed by atoms with van der Waals surface area (Å²) in [4.78, 5) is 15.5. The number of carbonyl (C=O) groups is 1. The molecule has 1 amide bonds. The van der Waals surface area contributed by atoms with Crippen LogP contribution in [0.25, 0.3) is 0 Å². The Morgan fingerprint density at radius 1 is 1.39 bits per heavy atom. The van der Waals surface area contributed by atoms with Crippen LogP contribution in [-0.2, 0) is 5.54 Å². The van der Waals surface area contributed by atoms with E-state index in [0.29, 0.717) is 5.56 Å². The fourth-order valence-electron chi connectivity index (χ4n) is 1.71. The monoisotopic (exact) mass is 248 g/mol. The minimum absolute atomic E-state index is 0.0967. The highest BCUT2D eigenvalue weighted by Gasteiger charge is 2.27. The number of nitrogens with one attached hydrogen (secondary N) is 1. The number of hydrogen-bond donors (Lipinski definition) is 1. The van der Waals surface area contributed by atoms with Crippen LogP contribution in [0.5, 0.6) is 0 Å². The SMILES string of the molecule is CC(C)(NC(=O)c1cnco1)c1ccccc1F. The van der Waals surface area contributed by atoms with E-state index in [0.717, 1.165) is 0 Å². The van der Waals surface area contributed by atoms with Crippen molar-refractivity contribution in [3.63, 3.8) is 0 Å². The van der Waals surface area contributed by atoms with Crippen LogP contribution in [0.15, 0.2) is 41.3 Å². The number of nitrogens with zero attached hydrogens (tertiary/aromatic N) is 1. The first kappa shape index (κ1) is 12.3. The van der Waals surface area contributed by atoms with Crippen molar-refractivity contribution in [2.24, 2.45) is 0 Å².